The number of hydrogen-bond acceptors (Lipinski definition) is 2. The number of esters is 1. The molecule has 1 heterocycles. The molecule has 1 fully saturated rings. The molecule has 40 valence electrons. The van der Waals surface area contributed by atoms with Crippen LogP contribution in [0.5, 0.6) is 0 Å². The Morgan fingerprint density at radius 1 is 1.86 bits per heavy atom. The Bertz CT molecular complexity index is 91.7. The van der Waals surface area contributed by atoms with E-state index in [1.165, 1.54) is 0 Å². The molecule has 2 nitrogen and oxygen atoms in total. The molecule has 0 aromatic heterocycles. The van der Waals surface area contributed by atoms with Crippen molar-refractivity contribution < 1.29 is 9.53 Å². The molecule has 3 heteroatoms. The van der Waals surface area contributed by atoms with Crippen molar-refractivity contribution >= 4 is 28.6 Å². The van der Waals surface area contributed by atoms with Crippen LogP contribution in [-0.4, -0.2) is 16.5 Å². The SMILES string of the molecule is O=C1OCCC1I. The van der Waals surface area contributed by atoms with Gasteiger partial charge in [0.2, 0.25) is 0 Å². The van der Waals surface area contributed by atoms with Crippen molar-refractivity contribution in [2.75, 3.05) is 6.61 Å². The monoisotopic (exact) mass is 212 g/mol. The van der Waals surface area contributed by atoms with Crippen molar-refractivity contribution in [1.82, 2.24) is 0 Å². The molecule has 0 saturated carbocycles. The summed E-state index contributed by atoms with van der Waals surface area (Å²) in [5.74, 6) is -0.0550. The Morgan fingerprint density at radius 2 is 2.57 bits per heavy atom. The molecular weight excluding hydrogens is 207 g/mol. The molecule has 1 aliphatic heterocycles. The van der Waals surface area contributed by atoms with E-state index >= 15 is 0 Å². The third-order valence-corrected chi connectivity index (χ3v) is 2.00. The summed E-state index contributed by atoms with van der Waals surface area (Å²) in [5.41, 5.74) is 0. The van der Waals surface area contributed by atoms with Crippen LogP contribution in [0.15, 0.2) is 0 Å². The van der Waals surface area contributed by atoms with Gasteiger partial charge in [-0.1, -0.05) is 22.6 Å². The Hall–Kier alpha value is 0.200. The van der Waals surface area contributed by atoms with Crippen molar-refractivity contribution in [2.45, 2.75) is 10.3 Å². The highest BCUT2D eigenvalue weighted by molar-refractivity contribution is 14.1. The second-order valence-electron chi connectivity index (χ2n) is 1.42. The number of cyclic esters (lactones) is 1. The predicted octanol–water partition coefficient (Wildman–Crippen LogP) is 0.737. The molecule has 0 aromatic rings. The van der Waals surface area contributed by atoms with Crippen LogP contribution in [0.3, 0.4) is 0 Å². The molecule has 0 N–H and O–H groups in total. The van der Waals surface area contributed by atoms with Crippen LogP contribution < -0.4 is 0 Å². The van der Waals surface area contributed by atoms with Gasteiger partial charge in [0, 0.05) is 6.42 Å². The maximum Gasteiger partial charge on any atom is 0.319 e. The van der Waals surface area contributed by atoms with Crippen LogP contribution >= 0.6 is 22.6 Å². The molecule has 1 atom stereocenters. The molecule has 7 heavy (non-hydrogen) atoms. The van der Waals surface area contributed by atoms with Gasteiger partial charge in [-0.2, -0.15) is 0 Å². The van der Waals surface area contributed by atoms with Gasteiger partial charge in [0.05, 0.1) is 6.61 Å². The second kappa shape index (κ2) is 1.98. The zero-order chi connectivity index (χ0) is 5.28. The molecule has 0 bridgehead atoms. The molecule has 0 amide bonds. The first-order valence-electron chi connectivity index (χ1n) is 2.11. The molecule has 0 aromatic carbocycles. The molecule has 0 aliphatic carbocycles. The minimum Gasteiger partial charge on any atom is -0.465 e. The van der Waals surface area contributed by atoms with Gasteiger partial charge < -0.3 is 4.74 Å². The predicted molar refractivity (Wildman–Crippen MR) is 33.4 cm³/mol. The standard InChI is InChI=1S/C4H5IO2/c5-3-1-2-7-4(3)6/h3H,1-2H2. The average molecular weight is 212 g/mol. The van der Waals surface area contributed by atoms with Gasteiger partial charge in [0.25, 0.3) is 0 Å². The number of halogens is 1. The molecule has 0 spiro atoms. The maximum atomic E-state index is 10.3. The van der Waals surface area contributed by atoms with Crippen LogP contribution in [0.25, 0.3) is 0 Å². The van der Waals surface area contributed by atoms with E-state index in [0.29, 0.717) is 6.61 Å². The Morgan fingerprint density at radius 3 is 2.71 bits per heavy atom. The highest BCUT2D eigenvalue weighted by Crippen LogP contribution is 2.14. The van der Waals surface area contributed by atoms with Crippen molar-refractivity contribution in [3.8, 4) is 0 Å². The van der Waals surface area contributed by atoms with Crippen molar-refractivity contribution in [3.63, 3.8) is 0 Å². The average Bonchev–Trinajstić information content (AvgIpc) is 1.91. The Balaban J connectivity index is 2.48. The van der Waals surface area contributed by atoms with Gasteiger partial charge in [-0.3, -0.25) is 4.79 Å². The van der Waals surface area contributed by atoms with E-state index in [1.807, 2.05) is 0 Å². The van der Waals surface area contributed by atoms with E-state index in [4.69, 9.17) is 0 Å². The van der Waals surface area contributed by atoms with Crippen LogP contribution in [0, 0.1) is 0 Å². The highest BCUT2D eigenvalue weighted by Gasteiger charge is 2.22. The van der Waals surface area contributed by atoms with Gasteiger partial charge in [0.1, 0.15) is 3.92 Å². The van der Waals surface area contributed by atoms with E-state index in [1.54, 1.807) is 0 Å². The summed E-state index contributed by atoms with van der Waals surface area (Å²) in [5, 5.41) is 0. The van der Waals surface area contributed by atoms with E-state index in [2.05, 4.69) is 27.3 Å². The van der Waals surface area contributed by atoms with Crippen LogP contribution in [-0.2, 0) is 9.53 Å². The van der Waals surface area contributed by atoms with E-state index in [-0.39, 0.29) is 9.89 Å². The lowest BCUT2D eigenvalue weighted by atomic mass is 10.4. The Labute approximate surface area is 55.4 Å². The fourth-order valence-electron chi connectivity index (χ4n) is 0.471. The van der Waals surface area contributed by atoms with E-state index in [0.717, 1.165) is 6.42 Å². The summed E-state index contributed by atoms with van der Waals surface area (Å²) < 4.78 is 4.74. The lowest BCUT2D eigenvalue weighted by molar-refractivity contribution is -0.137. The first kappa shape index (κ1) is 5.34. The van der Waals surface area contributed by atoms with Crippen molar-refractivity contribution in [1.29, 1.82) is 0 Å². The lowest BCUT2D eigenvalue weighted by Gasteiger charge is -1.86. The molecule has 1 saturated heterocycles. The van der Waals surface area contributed by atoms with Crippen LogP contribution in [0.4, 0.5) is 0 Å². The maximum absolute atomic E-state index is 10.3. The molecule has 1 aliphatic rings. The summed E-state index contributed by atoms with van der Waals surface area (Å²) in [6.07, 6.45) is 0.888. The zero-order valence-corrected chi connectivity index (χ0v) is 5.84. The number of ether oxygens (including phenoxy) is 1. The van der Waals surface area contributed by atoms with Gasteiger partial charge >= 0.3 is 5.97 Å². The summed E-state index contributed by atoms with van der Waals surface area (Å²) in [4.78, 5) is 10.3. The number of carbonyl (C=O) groups is 1. The van der Waals surface area contributed by atoms with Gasteiger partial charge in [0.15, 0.2) is 0 Å². The number of carbonyl (C=O) groups excluding carboxylic acids is 1. The topological polar surface area (TPSA) is 26.3 Å². The third-order valence-electron chi connectivity index (χ3n) is 0.871. The van der Waals surface area contributed by atoms with Crippen LogP contribution in [0.1, 0.15) is 6.42 Å². The number of hydrogen-bond donors (Lipinski definition) is 0. The van der Waals surface area contributed by atoms with Crippen molar-refractivity contribution in [2.24, 2.45) is 0 Å². The third kappa shape index (κ3) is 1.05. The van der Waals surface area contributed by atoms with Gasteiger partial charge in [-0.05, 0) is 0 Å². The minimum atomic E-state index is -0.0550. The van der Waals surface area contributed by atoms with Gasteiger partial charge in [-0.25, -0.2) is 0 Å². The van der Waals surface area contributed by atoms with E-state index < -0.39 is 0 Å². The lowest BCUT2D eigenvalue weighted by Crippen LogP contribution is -2.03. The second-order valence-corrected chi connectivity index (χ2v) is 2.93. The summed E-state index contributed by atoms with van der Waals surface area (Å²) in [6, 6.07) is 0. The van der Waals surface area contributed by atoms with Gasteiger partial charge in [-0.15, -0.1) is 0 Å². The summed E-state index contributed by atoms with van der Waals surface area (Å²) in [6.45, 7) is 0.617. The first-order valence-corrected chi connectivity index (χ1v) is 3.36. The Kier molecular flexibility index (Phi) is 1.51. The minimum absolute atomic E-state index is 0.0550. The summed E-state index contributed by atoms with van der Waals surface area (Å²) >= 11 is 2.08. The quantitative estimate of drug-likeness (QED) is 0.336. The fourth-order valence-corrected chi connectivity index (χ4v) is 0.905. The number of alkyl halides is 1. The van der Waals surface area contributed by atoms with Crippen molar-refractivity contribution in [3.05, 3.63) is 0 Å². The van der Waals surface area contributed by atoms with Crippen LogP contribution in [0.2, 0.25) is 0 Å². The molecule has 0 radical (unpaired) electrons. The summed E-state index contributed by atoms with van der Waals surface area (Å²) in [7, 11) is 0. The normalized spacial score (nSPS) is 30.4. The first-order chi connectivity index (χ1) is 3.30. The fraction of sp³-hybridized carbons (Fsp3) is 0.750. The molecule has 1 rings (SSSR count). The molecular formula is C4H5IO2. The molecule has 1 unspecified atom stereocenters. The number of rotatable bonds is 0. The zero-order valence-electron chi connectivity index (χ0n) is 3.69. The smallest absolute Gasteiger partial charge is 0.319 e. The highest BCUT2D eigenvalue weighted by atomic mass is 127. The van der Waals surface area contributed by atoms with E-state index in [9.17, 15) is 4.79 Å². The largest absolute Gasteiger partial charge is 0.465 e.